The second-order valence-corrected chi connectivity index (χ2v) is 12.4. The Morgan fingerprint density at radius 3 is 2.74 bits per heavy atom. The highest BCUT2D eigenvalue weighted by atomic mass is 35.5. The van der Waals surface area contributed by atoms with E-state index >= 15 is 0 Å². The van der Waals surface area contributed by atoms with Gasteiger partial charge in [-0.05, 0) is 64.0 Å². The minimum atomic E-state index is -0.388. The number of hydrogen-bond acceptors (Lipinski definition) is 7. The Hall–Kier alpha value is -3.60. The number of rotatable bonds is 10. The summed E-state index contributed by atoms with van der Waals surface area (Å²) in [6, 6.07) is 12.6. The maximum atomic E-state index is 14.1. The molecular weight excluding hydrogens is 575 g/mol. The zero-order chi connectivity index (χ0) is 29.2. The van der Waals surface area contributed by atoms with Crippen LogP contribution in [0.3, 0.4) is 0 Å². The van der Waals surface area contributed by atoms with E-state index in [9.17, 15) is 9.18 Å². The first-order chi connectivity index (χ1) is 20.4. The zero-order valence-electron chi connectivity index (χ0n) is 23.5. The number of thiophene rings is 1. The van der Waals surface area contributed by atoms with Gasteiger partial charge in [-0.1, -0.05) is 23.7 Å². The van der Waals surface area contributed by atoms with Crippen molar-refractivity contribution in [2.75, 3.05) is 13.1 Å². The number of carbonyl (C=O) groups is 1. The highest BCUT2D eigenvalue weighted by Crippen LogP contribution is 2.31. The highest BCUT2D eigenvalue weighted by molar-refractivity contribution is 7.20. The number of hydrogen-bond donors (Lipinski definition) is 0. The Balaban J connectivity index is 1.12. The van der Waals surface area contributed by atoms with E-state index in [4.69, 9.17) is 26.3 Å². The third-order valence-corrected chi connectivity index (χ3v) is 8.97. The molecule has 0 amide bonds. The molecule has 0 atom stereocenters. The van der Waals surface area contributed by atoms with Crippen molar-refractivity contribution in [2.45, 2.75) is 58.3 Å². The molecule has 0 radical (unpaired) electrons. The molecule has 0 N–H and O–H groups in total. The number of imidazole rings is 2. The van der Waals surface area contributed by atoms with Crippen LogP contribution in [0, 0.1) is 5.82 Å². The second-order valence-electron chi connectivity index (χ2n) is 10.9. The molecule has 0 spiro atoms. The first-order valence-corrected chi connectivity index (χ1v) is 15.3. The Morgan fingerprint density at radius 2 is 1.98 bits per heavy atom. The van der Waals surface area contributed by atoms with E-state index < -0.39 is 0 Å². The van der Waals surface area contributed by atoms with Gasteiger partial charge in [0.15, 0.2) is 6.29 Å². The van der Waals surface area contributed by atoms with Crippen LogP contribution in [0.2, 0.25) is 5.02 Å². The first kappa shape index (κ1) is 28.5. The zero-order valence-corrected chi connectivity index (χ0v) is 25.1. The normalized spacial score (nSPS) is 14.7. The van der Waals surface area contributed by atoms with E-state index in [2.05, 4.69) is 32.9 Å². The molecule has 1 aliphatic rings. The molecule has 1 aromatic carbocycles. The molecule has 5 aromatic rings. The summed E-state index contributed by atoms with van der Waals surface area (Å²) in [6.07, 6.45) is 6.60. The molecule has 8 nitrogen and oxygen atoms in total. The molecule has 0 aliphatic carbocycles. The molecule has 11 heteroatoms. The summed E-state index contributed by atoms with van der Waals surface area (Å²) in [7, 11) is 0. The van der Waals surface area contributed by atoms with Gasteiger partial charge in [0, 0.05) is 40.5 Å². The van der Waals surface area contributed by atoms with Crippen LogP contribution < -0.4 is 4.74 Å². The minimum Gasteiger partial charge on any atom is -0.473 e. The van der Waals surface area contributed by atoms with Gasteiger partial charge in [-0.2, -0.15) is 0 Å². The summed E-state index contributed by atoms with van der Waals surface area (Å²) in [4.78, 5) is 29.5. The molecule has 218 valence electrons. The second kappa shape index (κ2) is 12.3. The van der Waals surface area contributed by atoms with E-state index in [1.807, 2.05) is 30.7 Å². The van der Waals surface area contributed by atoms with Crippen molar-refractivity contribution in [1.29, 1.82) is 0 Å². The average molecular weight is 607 g/mol. The highest BCUT2D eigenvalue weighted by Gasteiger charge is 2.25. The fraction of sp³-hybridized carbons (Fsp3) is 0.355. The number of benzene rings is 1. The van der Waals surface area contributed by atoms with E-state index in [1.165, 1.54) is 17.4 Å². The Kier molecular flexibility index (Phi) is 8.37. The summed E-state index contributed by atoms with van der Waals surface area (Å²) in [5, 5.41) is 0.358. The summed E-state index contributed by atoms with van der Waals surface area (Å²) >= 11 is 7.29. The van der Waals surface area contributed by atoms with Crippen LogP contribution in [0.15, 0.2) is 55.0 Å². The van der Waals surface area contributed by atoms with Crippen molar-refractivity contribution in [2.24, 2.45) is 0 Å². The van der Waals surface area contributed by atoms with Gasteiger partial charge in [-0.3, -0.25) is 9.69 Å². The number of aromatic nitrogens is 5. The molecular formula is C31H32ClFN6O2S. The number of nitrogens with zero attached hydrogens (tertiary/aromatic N) is 6. The Bertz CT molecular complexity index is 1700. The van der Waals surface area contributed by atoms with Gasteiger partial charge < -0.3 is 13.9 Å². The average Bonchev–Trinajstić information content (AvgIpc) is 3.69. The standard InChI is InChI=1S/C31H32ClFN6O2S/c1-20(2)39-19-34-14-24(39)15-38-28-13-25(17-40)42-31(28)36-29(38)16-37-10-8-21(9-11-37)27-4-3-5-30(35-27)41-18-22-6-7-23(32)12-26(22)33/h3-7,12-14,17,19-21H,8-11,15-16,18H2,1-2H3. The van der Waals surface area contributed by atoms with Gasteiger partial charge in [0.05, 0.1) is 35.5 Å². The Labute approximate surface area is 252 Å². The predicted molar refractivity (Wildman–Crippen MR) is 162 cm³/mol. The van der Waals surface area contributed by atoms with E-state index in [-0.39, 0.29) is 12.4 Å². The predicted octanol–water partition coefficient (Wildman–Crippen LogP) is 6.88. The van der Waals surface area contributed by atoms with Crippen LogP contribution in [0.25, 0.3) is 10.3 Å². The Morgan fingerprint density at radius 1 is 1.14 bits per heavy atom. The number of ether oxygens (including phenoxy) is 1. The van der Waals surface area contributed by atoms with E-state index in [0.717, 1.165) is 66.3 Å². The molecule has 0 bridgehead atoms. The lowest BCUT2D eigenvalue weighted by molar-refractivity contribution is 0.112. The number of halogens is 2. The minimum absolute atomic E-state index is 0.0916. The van der Waals surface area contributed by atoms with Crippen molar-refractivity contribution in [3.63, 3.8) is 0 Å². The van der Waals surface area contributed by atoms with Gasteiger partial charge in [0.25, 0.3) is 0 Å². The fourth-order valence-electron chi connectivity index (χ4n) is 5.53. The SMILES string of the molecule is CC(C)n1cncc1Cn1c(CN2CCC(c3cccc(OCc4ccc(Cl)cc4F)n3)CC2)nc2sc(C=O)cc21. The summed E-state index contributed by atoms with van der Waals surface area (Å²) in [5.41, 5.74) is 3.53. The lowest BCUT2D eigenvalue weighted by Gasteiger charge is -2.31. The van der Waals surface area contributed by atoms with Gasteiger partial charge in [-0.25, -0.2) is 19.3 Å². The van der Waals surface area contributed by atoms with Crippen molar-refractivity contribution < 1.29 is 13.9 Å². The van der Waals surface area contributed by atoms with Crippen molar-refractivity contribution >= 4 is 39.6 Å². The van der Waals surface area contributed by atoms with Crippen LogP contribution >= 0.6 is 22.9 Å². The molecule has 1 aliphatic heterocycles. The van der Waals surface area contributed by atoms with Crippen molar-refractivity contribution in [3.8, 4) is 5.88 Å². The van der Waals surface area contributed by atoms with Crippen LogP contribution in [0.1, 0.15) is 71.1 Å². The third kappa shape index (κ3) is 6.11. The number of likely N-dealkylation sites (tertiary alicyclic amines) is 1. The van der Waals surface area contributed by atoms with Gasteiger partial charge in [0.2, 0.25) is 5.88 Å². The number of pyridine rings is 1. The molecule has 5 heterocycles. The van der Waals surface area contributed by atoms with Gasteiger partial charge in [0.1, 0.15) is 23.1 Å². The third-order valence-electron chi connectivity index (χ3n) is 7.79. The number of carbonyl (C=O) groups excluding carboxylic acids is 1. The lowest BCUT2D eigenvalue weighted by Crippen LogP contribution is -2.33. The molecule has 4 aromatic heterocycles. The van der Waals surface area contributed by atoms with E-state index in [0.29, 0.717) is 39.8 Å². The largest absolute Gasteiger partial charge is 0.473 e. The molecule has 0 saturated carbocycles. The molecule has 1 fully saturated rings. The number of aldehydes is 1. The molecule has 0 unspecified atom stereocenters. The summed E-state index contributed by atoms with van der Waals surface area (Å²) in [5.74, 6) is 1.41. The quantitative estimate of drug-likeness (QED) is 0.161. The van der Waals surface area contributed by atoms with Crippen molar-refractivity contribution in [3.05, 3.63) is 93.5 Å². The van der Waals surface area contributed by atoms with Crippen molar-refractivity contribution in [1.82, 2.24) is 29.0 Å². The van der Waals surface area contributed by atoms with Gasteiger partial charge >= 0.3 is 0 Å². The number of piperidine rings is 1. The summed E-state index contributed by atoms with van der Waals surface area (Å²) < 4.78 is 24.4. The summed E-state index contributed by atoms with van der Waals surface area (Å²) in [6.45, 7) is 7.58. The van der Waals surface area contributed by atoms with Crippen LogP contribution in [-0.4, -0.2) is 48.4 Å². The van der Waals surface area contributed by atoms with Crippen LogP contribution in [0.5, 0.6) is 5.88 Å². The van der Waals surface area contributed by atoms with Crippen LogP contribution in [-0.2, 0) is 19.7 Å². The van der Waals surface area contributed by atoms with Crippen LogP contribution in [0.4, 0.5) is 4.39 Å². The fourth-order valence-corrected chi connectivity index (χ4v) is 6.56. The molecule has 6 rings (SSSR count). The molecule has 1 saturated heterocycles. The maximum Gasteiger partial charge on any atom is 0.213 e. The maximum absolute atomic E-state index is 14.1. The lowest BCUT2D eigenvalue weighted by atomic mass is 9.93. The monoisotopic (exact) mass is 606 g/mol. The number of fused-ring (bicyclic) bond motifs is 1. The first-order valence-electron chi connectivity index (χ1n) is 14.1. The smallest absolute Gasteiger partial charge is 0.213 e. The van der Waals surface area contributed by atoms with Gasteiger partial charge in [-0.15, -0.1) is 11.3 Å². The van der Waals surface area contributed by atoms with E-state index in [1.54, 1.807) is 18.2 Å². The topological polar surface area (TPSA) is 78.1 Å². The molecule has 42 heavy (non-hydrogen) atoms.